The number of thiazole rings is 1. The number of carbonyl (C=O) groups excluding carboxylic acids is 1. The number of aliphatic carboxylic acids is 1. The lowest BCUT2D eigenvalue weighted by molar-refractivity contribution is -0.141. The third kappa shape index (κ3) is 3.85. The summed E-state index contributed by atoms with van der Waals surface area (Å²) in [5.41, 5.74) is 0.862. The second-order valence-electron chi connectivity index (χ2n) is 4.43. The number of carboxylic acids is 1. The molecule has 1 aromatic carbocycles. The molecule has 7 heteroatoms. The Morgan fingerprint density at radius 2 is 2.14 bits per heavy atom. The van der Waals surface area contributed by atoms with Gasteiger partial charge in [0.25, 0.3) is 0 Å². The van der Waals surface area contributed by atoms with Crippen molar-refractivity contribution in [3.8, 4) is 10.6 Å². The van der Waals surface area contributed by atoms with Crippen molar-refractivity contribution in [1.29, 1.82) is 0 Å². The Morgan fingerprint density at radius 3 is 2.81 bits per heavy atom. The topological polar surface area (TPSA) is 79.3 Å². The second-order valence-corrected chi connectivity index (χ2v) is 5.29. The number of carboxylic acid groups (broad SMARTS) is 1. The molecular weight excluding hydrogens is 295 g/mol. The van der Waals surface area contributed by atoms with Crippen molar-refractivity contribution >= 4 is 23.2 Å². The molecule has 0 aliphatic heterocycles. The first kappa shape index (κ1) is 15.1. The van der Waals surface area contributed by atoms with Gasteiger partial charge < -0.3 is 10.4 Å². The van der Waals surface area contributed by atoms with E-state index < -0.39 is 17.9 Å². The first-order chi connectivity index (χ1) is 9.97. The fraction of sp³-hybridized carbons (Fsp3) is 0.214. The average Bonchev–Trinajstić information content (AvgIpc) is 2.87. The number of benzene rings is 1. The van der Waals surface area contributed by atoms with Crippen LogP contribution in [0, 0.1) is 5.82 Å². The highest BCUT2D eigenvalue weighted by atomic mass is 32.1. The van der Waals surface area contributed by atoms with Gasteiger partial charge in [-0.05, 0) is 19.1 Å². The molecule has 1 amide bonds. The van der Waals surface area contributed by atoms with E-state index >= 15 is 0 Å². The first-order valence-electron chi connectivity index (χ1n) is 6.19. The molecule has 0 fully saturated rings. The molecule has 2 N–H and O–H groups in total. The number of rotatable bonds is 5. The summed E-state index contributed by atoms with van der Waals surface area (Å²) in [6, 6.07) is 5.30. The number of hydrogen-bond donors (Lipinski definition) is 2. The van der Waals surface area contributed by atoms with Crippen LogP contribution in [0.3, 0.4) is 0 Å². The van der Waals surface area contributed by atoms with Gasteiger partial charge in [-0.2, -0.15) is 0 Å². The van der Waals surface area contributed by atoms with Gasteiger partial charge in [-0.3, -0.25) is 9.59 Å². The maximum atomic E-state index is 13.6. The molecule has 0 radical (unpaired) electrons. The summed E-state index contributed by atoms with van der Waals surface area (Å²) < 4.78 is 13.6. The molecule has 0 aliphatic rings. The monoisotopic (exact) mass is 308 g/mol. The molecule has 5 nitrogen and oxygen atoms in total. The quantitative estimate of drug-likeness (QED) is 0.886. The van der Waals surface area contributed by atoms with Crippen LogP contribution >= 0.6 is 11.3 Å². The predicted octanol–water partition coefficient (Wildman–Crippen LogP) is 2.08. The lowest BCUT2D eigenvalue weighted by Crippen LogP contribution is -2.39. The zero-order valence-electron chi connectivity index (χ0n) is 11.2. The summed E-state index contributed by atoms with van der Waals surface area (Å²) in [7, 11) is 0. The molecule has 1 atom stereocenters. The fourth-order valence-corrected chi connectivity index (χ4v) is 2.51. The molecule has 1 heterocycles. The van der Waals surface area contributed by atoms with Gasteiger partial charge in [-0.1, -0.05) is 12.1 Å². The van der Waals surface area contributed by atoms with Gasteiger partial charge in [0, 0.05) is 10.9 Å². The predicted molar refractivity (Wildman–Crippen MR) is 76.5 cm³/mol. The fourth-order valence-electron chi connectivity index (χ4n) is 1.67. The normalized spacial score (nSPS) is 11.9. The minimum Gasteiger partial charge on any atom is -0.480 e. The van der Waals surface area contributed by atoms with Gasteiger partial charge in [0.15, 0.2) is 0 Å². The maximum absolute atomic E-state index is 13.6. The summed E-state index contributed by atoms with van der Waals surface area (Å²) in [6.07, 6.45) is -0.0391. The smallest absolute Gasteiger partial charge is 0.325 e. The minimum absolute atomic E-state index is 0.0391. The standard InChI is InChI=1S/C14H13FN2O3S/c1-8(14(19)20)16-12(18)6-9-7-21-13(17-9)10-4-2-3-5-11(10)15/h2-5,7-8H,6H2,1H3,(H,16,18)(H,19,20)/t8-/m1/s1. The molecular formula is C14H13FN2O3S. The average molecular weight is 308 g/mol. The van der Waals surface area contributed by atoms with E-state index in [1.807, 2.05) is 0 Å². The molecule has 2 aromatic rings. The number of nitrogens with zero attached hydrogens (tertiary/aromatic N) is 1. The van der Waals surface area contributed by atoms with Crippen molar-refractivity contribution in [3.05, 3.63) is 41.2 Å². The van der Waals surface area contributed by atoms with Crippen LogP contribution in [0.4, 0.5) is 4.39 Å². The van der Waals surface area contributed by atoms with Crippen molar-refractivity contribution in [1.82, 2.24) is 10.3 Å². The summed E-state index contributed by atoms with van der Waals surface area (Å²) in [5.74, 6) is -1.91. The first-order valence-corrected chi connectivity index (χ1v) is 7.07. The molecule has 0 saturated heterocycles. The zero-order valence-corrected chi connectivity index (χ0v) is 12.0. The van der Waals surface area contributed by atoms with Gasteiger partial charge in [0.2, 0.25) is 5.91 Å². The number of carbonyl (C=O) groups is 2. The molecule has 0 spiro atoms. The zero-order chi connectivity index (χ0) is 15.4. The molecule has 0 bridgehead atoms. The molecule has 21 heavy (non-hydrogen) atoms. The van der Waals surface area contributed by atoms with Crippen molar-refractivity contribution < 1.29 is 19.1 Å². The Kier molecular flexibility index (Phi) is 4.64. The van der Waals surface area contributed by atoms with Crippen molar-refractivity contribution in [2.24, 2.45) is 0 Å². The van der Waals surface area contributed by atoms with E-state index in [-0.39, 0.29) is 12.2 Å². The van der Waals surface area contributed by atoms with Crippen LogP contribution in [-0.4, -0.2) is 28.0 Å². The van der Waals surface area contributed by atoms with Crippen molar-refractivity contribution in [2.45, 2.75) is 19.4 Å². The molecule has 0 unspecified atom stereocenters. The SMILES string of the molecule is C[C@@H](NC(=O)Cc1csc(-c2ccccc2F)n1)C(=O)O. The molecule has 1 aromatic heterocycles. The van der Waals surface area contributed by atoms with Gasteiger partial charge in [0.1, 0.15) is 16.9 Å². The lowest BCUT2D eigenvalue weighted by atomic mass is 10.2. The van der Waals surface area contributed by atoms with E-state index in [9.17, 15) is 14.0 Å². The van der Waals surface area contributed by atoms with Crippen LogP contribution < -0.4 is 5.32 Å². The molecule has 0 saturated carbocycles. The van der Waals surface area contributed by atoms with E-state index in [1.165, 1.54) is 24.3 Å². The van der Waals surface area contributed by atoms with Gasteiger partial charge >= 0.3 is 5.97 Å². The number of hydrogen-bond acceptors (Lipinski definition) is 4. The van der Waals surface area contributed by atoms with Crippen molar-refractivity contribution in [2.75, 3.05) is 0 Å². The number of aromatic nitrogens is 1. The minimum atomic E-state index is -1.10. The summed E-state index contributed by atoms with van der Waals surface area (Å²) in [6.45, 7) is 1.38. The Bertz CT molecular complexity index is 672. The second kappa shape index (κ2) is 6.45. The Labute approximate surface area is 124 Å². The molecule has 0 aliphatic carbocycles. The van der Waals surface area contributed by atoms with Crippen LogP contribution in [0.5, 0.6) is 0 Å². The van der Waals surface area contributed by atoms with Crippen LogP contribution in [0.1, 0.15) is 12.6 Å². The highest BCUT2D eigenvalue weighted by molar-refractivity contribution is 7.13. The van der Waals surface area contributed by atoms with E-state index in [0.29, 0.717) is 16.3 Å². The third-order valence-electron chi connectivity index (χ3n) is 2.75. The van der Waals surface area contributed by atoms with E-state index in [0.717, 1.165) is 0 Å². The van der Waals surface area contributed by atoms with Crippen molar-refractivity contribution in [3.63, 3.8) is 0 Å². The van der Waals surface area contributed by atoms with Crippen LogP contribution in [-0.2, 0) is 16.0 Å². The van der Waals surface area contributed by atoms with Gasteiger partial charge in [-0.25, -0.2) is 9.37 Å². The van der Waals surface area contributed by atoms with E-state index in [2.05, 4.69) is 10.3 Å². The van der Waals surface area contributed by atoms with Crippen LogP contribution in [0.2, 0.25) is 0 Å². The van der Waals surface area contributed by atoms with Crippen LogP contribution in [0.15, 0.2) is 29.6 Å². The number of halogens is 1. The number of nitrogens with one attached hydrogen (secondary N) is 1. The van der Waals surface area contributed by atoms with Gasteiger partial charge in [0.05, 0.1) is 12.1 Å². The Hall–Kier alpha value is -2.28. The molecule has 2 rings (SSSR count). The highest BCUT2D eigenvalue weighted by Gasteiger charge is 2.16. The number of amides is 1. The third-order valence-corrected chi connectivity index (χ3v) is 3.67. The summed E-state index contributed by atoms with van der Waals surface area (Å²) in [5, 5.41) is 13.2. The van der Waals surface area contributed by atoms with Crippen LogP contribution in [0.25, 0.3) is 10.6 Å². The van der Waals surface area contributed by atoms with E-state index in [1.54, 1.807) is 23.6 Å². The summed E-state index contributed by atoms with van der Waals surface area (Å²) >= 11 is 1.24. The Morgan fingerprint density at radius 1 is 1.43 bits per heavy atom. The summed E-state index contributed by atoms with van der Waals surface area (Å²) in [4.78, 5) is 26.5. The largest absolute Gasteiger partial charge is 0.480 e. The molecule has 110 valence electrons. The maximum Gasteiger partial charge on any atom is 0.325 e. The highest BCUT2D eigenvalue weighted by Crippen LogP contribution is 2.26. The Balaban J connectivity index is 2.06. The van der Waals surface area contributed by atoms with E-state index in [4.69, 9.17) is 5.11 Å². The van der Waals surface area contributed by atoms with Gasteiger partial charge in [-0.15, -0.1) is 11.3 Å². The lowest BCUT2D eigenvalue weighted by Gasteiger charge is -2.07.